The van der Waals surface area contributed by atoms with Gasteiger partial charge in [-0.15, -0.1) is 0 Å². The fraction of sp³-hybridized carbons (Fsp3) is 0.222. The van der Waals surface area contributed by atoms with E-state index in [1.54, 1.807) is 12.1 Å². The van der Waals surface area contributed by atoms with Crippen LogP contribution in [-0.2, 0) is 15.7 Å². The van der Waals surface area contributed by atoms with Crippen molar-refractivity contribution in [3.63, 3.8) is 0 Å². The number of carbonyl (C=O) groups is 2. The maximum atomic E-state index is 12.5. The molecule has 26 heavy (non-hydrogen) atoms. The van der Waals surface area contributed by atoms with E-state index < -0.39 is 17.7 Å². The summed E-state index contributed by atoms with van der Waals surface area (Å²) in [4.78, 5) is 23.2. The zero-order chi connectivity index (χ0) is 19.2. The van der Waals surface area contributed by atoms with Gasteiger partial charge in [0, 0.05) is 24.3 Å². The monoisotopic (exact) mass is 366 g/mol. The first kappa shape index (κ1) is 19.3. The summed E-state index contributed by atoms with van der Waals surface area (Å²) in [6, 6.07) is 10.8. The van der Waals surface area contributed by atoms with Gasteiger partial charge < -0.3 is 15.4 Å². The summed E-state index contributed by atoms with van der Waals surface area (Å²) in [7, 11) is 1.28. The average Bonchev–Trinajstić information content (AvgIpc) is 2.61. The van der Waals surface area contributed by atoms with E-state index >= 15 is 0 Å². The first-order valence-electron chi connectivity index (χ1n) is 7.69. The fourth-order valence-electron chi connectivity index (χ4n) is 2.13. The SMILES string of the molecule is COC(=O)c1ccc(NC(=O)CCNc2ccc(C(F)(F)F)cc2)cc1. The molecule has 0 bridgehead atoms. The third-order valence-corrected chi connectivity index (χ3v) is 3.48. The van der Waals surface area contributed by atoms with Crippen LogP contribution in [-0.4, -0.2) is 25.5 Å². The lowest BCUT2D eigenvalue weighted by atomic mass is 10.2. The Morgan fingerprint density at radius 2 is 1.54 bits per heavy atom. The predicted molar refractivity (Wildman–Crippen MR) is 91.0 cm³/mol. The molecular weight excluding hydrogens is 349 g/mol. The zero-order valence-corrected chi connectivity index (χ0v) is 13.9. The Labute approximate surface area is 148 Å². The number of halogens is 3. The highest BCUT2D eigenvalue weighted by Crippen LogP contribution is 2.29. The van der Waals surface area contributed by atoms with Crippen molar-refractivity contribution in [2.75, 3.05) is 24.3 Å². The summed E-state index contributed by atoms with van der Waals surface area (Å²) >= 11 is 0. The molecule has 5 nitrogen and oxygen atoms in total. The van der Waals surface area contributed by atoms with Crippen LogP contribution in [0.5, 0.6) is 0 Å². The van der Waals surface area contributed by atoms with E-state index in [9.17, 15) is 22.8 Å². The van der Waals surface area contributed by atoms with Crippen LogP contribution in [0.15, 0.2) is 48.5 Å². The predicted octanol–water partition coefficient (Wildman–Crippen LogP) is 3.93. The molecule has 2 aromatic rings. The second-order valence-electron chi connectivity index (χ2n) is 5.37. The van der Waals surface area contributed by atoms with Gasteiger partial charge in [0.25, 0.3) is 0 Å². The molecule has 0 saturated carbocycles. The van der Waals surface area contributed by atoms with Gasteiger partial charge in [-0.25, -0.2) is 4.79 Å². The molecule has 0 spiro atoms. The Bertz CT molecular complexity index is 757. The number of alkyl halides is 3. The number of benzene rings is 2. The summed E-state index contributed by atoms with van der Waals surface area (Å²) in [5, 5.41) is 5.54. The van der Waals surface area contributed by atoms with Crippen molar-refractivity contribution >= 4 is 23.3 Å². The number of esters is 1. The minimum Gasteiger partial charge on any atom is -0.465 e. The molecule has 0 aliphatic rings. The first-order chi connectivity index (χ1) is 12.3. The van der Waals surface area contributed by atoms with Crippen LogP contribution < -0.4 is 10.6 Å². The molecule has 0 aliphatic carbocycles. The number of nitrogens with one attached hydrogen (secondary N) is 2. The van der Waals surface area contributed by atoms with E-state index in [2.05, 4.69) is 15.4 Å². The molecular formula is C18H17F3N2O3. The van der Waals surface area contributed by atoms with E-state index in [1.165, 1.54) is 31.4 Å². The standard InChI is InChI=1S/C18H17F3N2O3/c1-26-17(25)12-2-6-15(7-3-12)23-16(24)10-11-22-14-8-4-13(5-9-14)18(19,20)21/h2-9,22H,10-11H2,1H3,(H,23,24). The summed E-state index contributed by atoms with van der Waals surface area (Å²) < 4.78 is 42.0. The lowest BCUT2D eigenvalue weighted by molar-refractivity contribution is -0.137. The molecule has 0 fully saturated rings. The lowest BCUT2D eigenvalue weighted by Gasteiger charge is -2.10. The maximum Gasteiger partial charge on any atom is 0.416 e. The molecule has 0 heterocycles. The number of anilines is 2. The summed E-state index contributed by atoms with van der Waals surface area (Å²) in [6.07, 6.45) is -4.25. The molecule has 0 unspecified atom stereocenters. The van der Waals surface area contributed by atoms with Gasteiger partial charge >= 0.3 is 12.1 Å². The number of methoxy groups -OCH3 is 1. The van der Waals surface area contributed by atoms with Crippen LogP contribution in [0.4, 0.5) is 24.5 Å². The van der Waals surface area contributed by atoms with Crippen LogP contribution in [0.25, 0.3) is 0 Å². The molecule has 138 valence electrons. The first-order valence-corrected chi connectivity index (χ1v) is 7.69. The highest BCUT2D eigenvalue weighted by Gasteiger charge is 2.29. The van der Waals surface area contributed by atoms with Crippen LogP contribution >= 0.6 is 0 Å². The Morgan fingerprint density at radius 1 is 0.962 bits per heavy atom. The Hall–Kier alpha value is -3.03. The Balaban J connectivity index is 1.79. The number of ether oxygens (including phenoxy) is 1. The van der Waals surface area contributed by atoms with Crippen molar-refractivity contribution in [3.05, 3.63) is 59.7 Å². The van der Waals surface area contributed by atoms with E-state index in [1.807, 2.05) is 0 Å². The van der Waals surface area contributed by atoms with Gasteiger partial charge in [-0.1, -0.05) is 0 Å². The molecule has 1 amide bonds. The van der Waals surface area contributed by atoms with Gasteiger partial charge in [0.15, 0.2) is 0 Å². The van der Waals surface area contributed by atoms with Crippen molar-refractivity contribution in [2.45, 2.75) is 12.6 Å². The summed E-state index contributed by atoms with van der Waals surface area (Å²) in [6.45, 7) is 0.261. The van der Waals surface area contributed by atoms with Crippen molar-refractivity contribution < 1.29 is 27.5 Å². The second-order valence-corrected chi connectivity index (χ2v) is 5.37. The van der Waals surface area contributed by atoms with Gasteiger partial charge in [-0.2, -0.15) is 13.2 Å². The Morgan fingerprint density at radius 3 is 2.08 bits per heavy atom. The zero-order valence-electron chi connectivity index (χ0n) is 13.9. The molecule has 0 aliphatic heterocycles. The van der Waals surface area contributed by atoms with Gasteiger partial charge in [0.1, 0.15) is 0 Å². The van der Waals surface area contributed by atoms with Crippen molar-refractivity contribution in [3.8, 4) is 0 Å². The normalized spacial score (nSPS) is 10.9. The van der Waals surface area contributed by atoms with Crippen molar-refractivity contribution in [2.24, 2.45) is 0 Å². The van der Waals surface area contributed by atoms with E-state index in [0.29, 0.717) is 16.9 Å². The van der Waals surface area contributed by atoms with Crippen LogP contribution in [0.3, 0.4) is 0 Å². The number of amides is 1. The van der Waals surface area contributed by atoms with Gasteiger partial charge in [0.05, 0.1) is 18.2 Å². The molecule has 0 radical (unpaired) electrons. The molecule has 2 N–H and O–H groups in total. The van der Waals surface area contributed by atoms with Crippen molar-refractivity contribution in [1.29, 1.82) is 0 Å². The number of rotatable bonds is 6. The summed E-state index contributed by atoms with van der Waals surface area (Å²) in [5.41, 5.74) is 0.663. The molecule has 0 atom stereocenters. The smallest absolute Gasteiger partial charge is 0.416 e. The van der Waals surface area contributed by atoms with Crippen LogP contribution in [0.1, 0.15) is 22.3 Å². The fourth-order valence-corrected chi connectivity index (χ4v) is 2.13. The van der Waals surface area contributed by atoms with Gasteiger partial charge in [-0.05, 0) is 48.5 Å². The molecule has 8 heteroatoms. The quantitative estimate of drug-likeness (QED) is 0.760. The minimum atomic E-state index is -4.37. The molecule has 2 aromatic carbocycles. The topological polar surface area (TPSA) is 67.4 Å². The summed E-state index contributed by atoms with van der Waals surface area (Å²) in [5.74, 6) is -0.737. The van der Waals surface area contributed by atoms with Crippen LogP contribution in [0, 0.1) is 0 Å². The highest BCUT2D eigenvalue weighted by atomic mass is 19.4. The van der Waals surface area contributed by atoms with E-state index in [-0.39, 0.29) is 18.9 Å². The third kappa shape index (κ3) is 5.51. The Kier molecular flexibility index (Phi) is 6.21. The van der Waals surface area contributed by atoms with Crippen LogP contribution in [0.2, 0.25) is 0 Å². The van der Waals surface area contributed by atoms with Crippen molar-refractivity contribution in [1.82, 2.24) is 0 Å². The number of hydrogen-bond donors (Lipinski definition) is 2. The van der Waals surface area contributed by atoms with Gasteiger partial charge in [-0.3, -0.25) is 4.79 Å². The lowest BCUT2D eigenvalue weighted by Crippen LogP contribution is -2.16. The largest absolute Gasteiger partial charge is 0.465 e. The minimum absolute atomic E-state index is 0.125. The molecule has 0 aromatic heterocycles. The van der Waals surface area contributed by atoms with E-state index in [0.717, 1.165) is 12.1 Å². The average molecular weight is 366 g/mol. The third-order valence-electron chi connectivity index (χ3n) is 3.48. The second kappa shape index (κ2) is 8.37. The maximum absolute atomic E-state index is 12.5. The molecule has 2 rings (SSSR count). The van der Waals surface area contributed by atoms with E-state index in [4.69, 9.17) is 0 Å². The molecule has 0 saturated heterocycles. The number of carbonyl (C=O) groups excluding carboxylic acids is 2. The highest BCUT2D eigenvalue weighted by molar-refractivity contribution is 5.93. The number of hydrogen-bond acceptors (Lipinski definition) is 4. The van der Waals surface area contributed by atoms with Gasteiger partial charge in [0.2, 0.25) is 5.91 Å².